The predicted molar refractivity (Wildman–Crippen MR) is 90.6 cm³/mol. The van der Waals surface area contributed by atoms with Gasteiger partial charge in [0.25, 0.3) is 0 Å². The summed E-state index contributed by atoms with van der Waals surface area (Å²) in [5, 5.41) is 0. The molecule has 1 saturated carbocycles. The molecule has 5 rings (SSSR count). The summed E-state index contributed by atoms with van der Waals surface area (Å²) in [6, 6.07) is 4.62. The van der Waals surface area contributed by atoms with Crippen molar-refractivity contribution in [1.82, 2.24) is 4.90 Å². The lowest BCUT2D eigenvalue weighted by Crippen LogP contribution is -2.67. The highest BCUT2D eigenvalue weighted by atomic mass is 16.5. The van der Waals surface area contributed by atoms with Gasteiger partial charge in [-0.1, -0.05) is 12.1 Å². The summed E-state index contributed by atoms with van der Waals surface area (Å²) in [6.07, 6.45) is 4.20. The average molecular weight is 325 g/mol. The molecule has 2 aliphatic heterocycles. The van der Waals surface area contributed by atoms with Gasteiger partial charge >= 0.3 is 0 Å². The molecule has 0 radical (unpaired) electrons. The minimum Gasteiger partial charge on any atom is -0.493 e. The number of carbonyl (C=O) groups excluding carboxylic acids is 1. The van der Waals surface area contributed by atoms with E-state index in [1.165, 1.54) is 11.1 Å². The molecule has 0 aromatic heterocycles. The van der Waals surface area contributed by atoms with Crippen molar-refractivity contribution in [2.75, 3.05) is 20.7 Å². The van der Waals surface area contributed by atoms with Crippen LogP contribution >= 0.6 is 0 Å². The highest BCUT2D eigenvalue weighted by Gasteiger charge is 2.67. The normalized spacial score (nSPS) is 39.2. The van der Waals surface area contributed by atoms with E-state index in [4.69, 9.17) is 9.47 Å². The fourth-order valence-corrected chi connectivity index (χ4v) is 6.05. The number of methoxy groups -OCH3 is 1. The predicted octanol–water partition coefficient (Wildman–Crippen LogP) is 2.35. The first kappa shape index (κ1) is 14.5. The largest absolute Gasteiger partial charge is 0.493 e. The number of allylic oxidation sites excluding steroid dienone is 1. The van der Waals surface area contributed by atoms with Gasteiger partial charge in [-0.05, 0) is 49.9 Å². The summed E-state index contributed by atoms with van der Waals surface area (Å²) < 4.78 is 11.9. The molecular weight excluding hydrogens is 302 g/mol. The fraction of sp³-hybridized carbons (Fsp3) is 0.550. The lowest BCUT2D eigenvalue weighted by atomic mass is 9.49. The van der Waals surface area contributed by atoms with E-state index in [1.54, 1.807) is 7.11 Å². The second-order valence-electron chi connectivity index (χ2n) is 7.77. The number of benzene rings is 1. The summed E-state index contributed by atoms with van der Waals surface area (Å²) in [6.45, 7) is 5.06. The van der Waals surface area contributed by atoms with Crippen molar-refractivity contribution >= 4 is 5.78 Å². The van der Waals surface area contributed by atoms with Crippen molar-refractivity contribution in [2.24, 2.45) is 11.8 Å². The van der Waals surface area contributed by atoms with Crippen LogP contribution in [0.3, 0.4) is 0 Å². The molecule has 0 amide bonds. The Hall–Kier alpha value is -1.81. The zero-order valence-electron chi connectivity index (χ0n) is 14.2. The molecular formula is C20H23NO3. The van der Waals surface area contributed by atoms with E-state index >= 15 is 0 Å². The van der Waals surface area contributed by atoms with Gasteiger partial charge < -0.3 is 14.4 Å². The van der Waals surface area contributed by atoms with Crippen molar-refractivity contribution in [1.29, 1.82) is 0 Å². The van der Waals surface area contributed by atoms with E-state index < -0.39 is 0 Å². The first-order chi connectivity index (χ1) is 11.6. The van der Waals surface area contributed by atoms with Gasteiger partial charge in [0, 0.05) is 23.4 Å². The summed E-state index contributed by atoms with van der Waals surface area (Å²) in [5.74, 6) is 2.45. The van der Waals surface area contributed by atoms with Crippen LogP contribution in [0.15, 0.2) is 24.8 Å². The van der Waals surface area contributed by atoms with E-state index in [9.17, 15) is 4.79 Å². The van der Waals surface area contributed by atoms with Crippen LogP contribution in [-0.4, -0.2) is 43.5 Å². The third-order valence-corrected chi connectivity index (χ3v) is 6.97. The number of likely N-dealkylation sites (tertiary alicyclic amines) is 1. The highest BCUT2D eigenvalue weighted by molar-refractivity contribution is 5.89. The summed E-state index contributed by atoms with van der Waals surface area (Å²) >= 11 is 0. The van der Waals surface area contributed by atoms with Crippen LogP contribution in [0.2, 0.25) is 0 Å². The monoisotopic (exact) mass is 325 g/mol. The second kappa shape index (κ2) is 4.63. The van der Waals surface area contributed by atoms with E-state index in [-0.39, 0.29) is 23.2 Å². The number of ketones is 1. The first-order valence-electron chi connectivity index (χ1n) is 8.84. The van der Waals surface area contributed by atoms with Gasteiger partial charge in [0.05, 0.1) is 7.11 Å². The minimum atomic E-state index is -0.347. The minimum absolute atomic E-state index is 0.192. The van der Waals surface area contributed by atoms with E-state index in [0.717, 1.165) is 30.9 Å². The van der Waals surface area contributed by atoms with Crippen LogP contribution in [0, 0.1) is 11.8 Å². The first-order valence-corrected chi connectivity index (χ1v) is 8.84. The summed E-state index contributed by atoms with van der Waals surface area (Å²) in [5.41, 5.74) is 2.41. The number of likely N-dealkylation sites (N-methyl/N-ethyl adjacent to an activating group) is 1. The van der Waals surface area contributed by atoms with Crippen LogP contribution < -0.4 is 9.47 Å². The number of hydrogen-bond donors (Lipinski definition) is 0. The van der Waals surface area contributed by atoms with E-state index in [1.807, 2.05) is 12.1 Å². The molecule has 2 heterocycles. The molecule has 2 fully saturated rings. The standard InChI is InChI=1S/C20H23NO3/c1-4-11-10-14(22)19-20-7-8-21(2)13(16(11)20)9-12-5-6-15(23-3)18(24-19)17(12)20/h4-6,11,13,16,19H,1,7-10H2,2-3H3/t11-,13+,16-,19-,20-/m0/s1. The van der Waals surface area contributed by atoms with Crippen LogP contribution in [0.5, 0.6) is 11.5 Å². The number of rotatable bonds is 2. The molecule has 2 bridgehead atoms. The average Bonchev–Trinajstić information content (AvgIpc) is 2.94. The molecule has 1 aromatic carbocycles. The van der Waals surface area contributed by atoms with E-state index in [0.29, 0.717) is 18.4 Å². The number of piperidine rings is 1. The summed E-state index contributed by atoms with van der Waals surface area (Å²) in [4.78, 5) is 15.4. The van der Waals surface area contributed by atoms with Gasteiger partial charge in [-0.25, -0.2) is 0 Å². The maximum Gasteiger partial charge on any atom is 0.174 e. The SMILES string of the molecule is C=C[C@H]1CC(=O)[C@@H]2Oc3c(OC)ccc4c3[C@@]23CCN(C)[C@H](C4)[C@H]13. The molecule has 1 aromatic rings. The molecule has 4 aliphatic rings. The van der Waals surface area contributed by atoms with Gasteiger partial charge in [0.15, 0.2) is 23.4 Å². The van der Waals surface area contributed by atoms with Crippen LogP contribution in [0.1, 0.15) is 24.0 Å². The van der Waals surface area contributed by atoms with Crippen LogP contribution in [-0.2, 0) is 16.6 Å². The highest BCUT2D eigenvalue weighted by Crippen LogP contribution is 2.64. The molecule has 2 aliphatic carbocycles. The Kier molecular flexibility index (Phi) is 2.80. The van der Waals surface area contributed by atoms with Crippen molar-refractivity contribution in [3.8, 4) is 11.5 Å². The molecule has 1 spiro atoms. The third-order valence-electron chi connectivity index (χ3n) is 6.97. The molecule has 126 valence electrons. The zero-order chi connectivity index (χ0) is 16.6. The number of ether oxygens (including phenoxy) is 2. The Morgan fingerprint density at radius 2 is 2.25 bits per heavy atom. The number of hydrogen-bond acceptors (Lipinski definition) is 4. The molecule has 0 unspecified atom stereocenters. The molecule has 4 heteroatoms. The third kappa shape index (κ3) is 1.47. The van der Waals surface area contributed by atoms with Crippen molar-refractivity contribution in [3.63, 3.8) is 0 Å². The van der Waals surface area contributed by atoms with Gasteiger partial charge in [0.2, 0.25) is 0 Å². The van der Waals surface area contributed by atoms with Gasteiger partial charge in [-0.15, -0.1) is 6.58 Å². The molecule has 4 nitrogen and oxygen atoms in total. The number of Topliss-reactive ketones (excluding diaryl/α,β-unsaturated/α-hetero) is 1. The maximum absolute atomic E-state index is 12.9. The summed E-state index contributed by atoms with van der Waals surface area (Å²) in [7, 11) is 3.89. The van der Waals surface area contributed by atoms with E-state index in [2.05, 4.69) is 24.6 Å². The Morgan fingerprint density at radius 1 is 1.42 bits per heavy atom. The Bertz CT molecular complexity index is 757. The van der Waals surface area contributed by atoms with Gasteiger partial charge in [0.1, 0.15) is 0 Å². The molecule has 1 saturated heterocycles. The lowest BCUT2D eigenvalue weighted by Gasteiger charge is -2.59. The molecule has 5 atom stereocenters. The van der Waals surface area contributed by atoms with Crippen molar-refractivity contribution in [2.45, 2.75) is 36.8 Å². The van der Waals surface area contributed by atoms with Crippen molar-refractivity contribution < 1.29 is 14.3 Å². The van der Waals surface area contributed by atoms with Crippen LogP contribution in [0.25, 0.3) is 0 Å². The Labute approximate surface area is 142 Å². The Balaban J connectivity index is 1.82. The van der Waals surface area contributed by atoms with Gasteiger partial charge in [-0.3, -0.25) is 4.79 Å². The number of carbonyl (C=O) groups is 1. The second-order valence-corrected chi connectivity index (χ2v) is 7.77. The topological polar surface area (TPSA) is 38.8 Å². The number of nitrogens with zero attached hydrogens (tertiary/aromatic N) is 1. The Morgan fingerprint density at radius 3 is 3.00 bits per heavy atom. The van der Waals surface area contributed by atoms with Gasteiger partial charge in [-0.2, -0.15) is 0 Å². The molecule has 24 heavy (non-hydrogen) atoms. The van der Waals surface area contributed by atoms with Crippen LogP contribution in [0.4, 0.5) is 0 Å². The zero-order valence-corrected chi connectivity index (χ0v) is 14.2. The fourth-order valence-electron chi connectivity index (χ4n) is 6.05. The lowest BCUT2D eigenvalue weighted by molar-refractivity contribution is -0.141. The smallest absolute Gasteiger partial charge is 0.174 e. The maximum atomic E-state index is 12.9. The van der Waals surface area contributed by atoms with Crippen molar-refractivity contribution in [3.05, 3.63) is 35.9 Å². The quantitative estimate of drug-likeness (QED) is 0.783. The molecule has 0 N–H and O–H groups in total.